The summed E-state index contributed by atoms with van der Waals surface area (Å²) in [5.41, 5.74) is 1.45. The van der Waals surface area contributed by atoms with E-state index in [9.17, 15) is 0 Å². The molecular formula is C16H22. The van der Waals surface area contributed by atoms with Crippen molar-refractivity contribution in [1.82, 2.24) is 0 Å². The third kappa shape index (κ3) is 3.84. The van der Waals surface area contributed by atoms with E-state index in [-0.39, 0.29) is 0 Å². The minimum absolute atomic E-state index is 0.879. The molecule has 0 saturated heterocycles. The first-order chi connectivity index (χ1) is 7.95. The molecule has 1 aliphatic carbocycles. The van der Waals surface area contributed by atoms with Gasteiger partial charge in [0, 0.05) is 0 Å². The van der Waals surface area contributed by atoms with Crippen LogP contribution in [0.4, 0.5) is 0 Å². The van der Waals surface area contributed by atoms with Crippen LogP contribution in [-0.2, 0) is 6.42 Å². The lowest BCUT2D eigenvalue weighted by Gasteiger charge is -2.17. The van der Waals surface area contributed by atoms with E-state index in [0.717, 1.165) is 5.92 Å². The van der Waals surface area contributed by atoms with Crippen molar-refractivity contribution in [2.24, 2.45) is 5.92 Å². The van der Waals surface area contributed by atoms with E-state index < -0.39 is 0 Å². The van der Waals surface area contributed by atoms with Crippen LogP contribution in [0.25, 0.3) is 0 Å². The van der Waals surface area contributed by atoms with Gasteiger partial charge in [0.25, 0.3) is 0 Å². The average molecular weight is 214 g/mol. The zero-order valence-corrected chi connectivity index (χ0v) is 10.1. The van der Waals surface area contributed by atoms with Crippen molar-refractivity contribution in [3.63, 3.8) is 0 Å². The second-order valence-electron chi connectivity index (χ2n) is 4.85. The zero-order chi connectivity index (χ0) is 11.1. The Morgan fingerprint density at radius 2 is 1.75 bits per heavy atom. The SMILES string of the molecule is C(=CC1CCCCC1)CCc1ccccc1. The van der Waals surface area contributed by atoms with Crippen molar-refractivity contribution < 1.29 is 0 Å². The molecule has 0 heteroatoms. The summed E-state index contributed by atoms with van der Waals surface area (Å²) >= 11 is 0. The molecule has 0 bridgehead atoms. The number of aryl methyl sites for hydroxylation is 1. The summed E-state index contributed by atoms with van der Waals surface area (Å²) in [5.74, 6) is 0.879. The second kappa shape index (κ2) is 6.52. The molecule has 0 unspecified atom stereocenters. The summed E-state index contributed by atoms with van der Waals surface area (Å²) < 4.78 is 0. The highest BCUT2D eigenvalue weighted by molar-refractivity contribution is 5.15. The first-order valence-corrected chi connectivity index (χ1v) is 6.66. The summed E-state index contributed by atoms with van der Waals surface area (Å²) in [6.45, 7) is 0. The Balaban J connectivity index is 1.69. The topological polar surface area (TPSA) is 0 Å². The van der Waals surface area contributed by atoms with Crippen molar-refractivity contribution in [3.05, 3.63) is 48.0 Å². The van der Waals surface area contributed by atoms with E-state index in [1.165, 1.54) is 50.5 Å². The van der Waals surface area contributed by atoms with Crippen LogP contribution in [0.5, 0.6) is 0 Å². The number of hydrogen-bond acceptors (Lipinski definition) is 0. The Labute approximate surface area is 99.4 Å². The van der Waals surface area contributed by atoms with Gasteiger partial charge in [-0.2, -0.15) is 0 Å². The van der Waals surface area contributed by atoms with Gasteiger partial charge in [0.15, 0.2) is 0 Å². The van der Waals surface area contributed by atoms with Gasteiger partial charge in [0.05, 0.1) is 0 Å². The van der Waals surface area contributed by atoms with Crippen molar-refractivity contribution in [3.8, 4) is 0 Å². The van der Waals surface area contributed by atoms with Gasteiger partial charge in [0.1, 0.15) is 0 Å². The number of benzene rings is 1. The third-order valence-electron chi connectivity index (χ3n) is 3.50. The van der Waals surface area contributed by atoms with Crippen molar-refractivity contribution in [2.75, 3.05) is 0 Å². The first-order valence-electron chi connectivity index (χ1n) is 6.66. The number of hydrogen-bond donors (Lipinski definition) is 0. The van der Waals surface area contributed by atoms with Crippen molar-refractivity contribution >= 4 is 0 Å². The fourth-order valence-electron chi connectivity index (χ4n) is 2.51. The smallest absolute Gasteiger partial charge is 0.0234 e. The van der Waals surface area contributed by atoms with E-state index in [1.54, 1.807) is 0 Å². The normalized spacial score (nSPS) is 18.0. The standard InChI is InChI=1S/C16H22/c1-3-9-15(10-4-1)13-7-8-14-16-11-5-2-6-12-16/h1,3-4,8-10,14,16H,2,5-7,11-13H2. The van der Waals surface area contributed by atoms with E-state index >= 15 is 0 Å². The average Bonchev–Trinajstić information content (AvgIpc) is 2.37. The van der Waals surface area contributed by atoms with E-state index in [1.807, 2.05) is 0 Å². The highest BCUT2D eigenvalue weighted by Crippen LogP contribution is 2.24. The lowest BCUT2D eigenvalue weighted by Crippen LogP contribution is -2.02. The fraction of sp³-hybridized carbons (Fsp3) is 0.500. The van der Waals surface area contributed by atoms with E-state index in [0.29, 0.717) is 0 Å². The Morgan fingerprint density at radius 1 is 1.00 bits per heavy atom. The van der Waals surface area contributed by atoms with Gasteiger partial charge in [-0.3, -0.25) is 0 Å². The van der Waals surface area contributed by atoms with Crippen LogP contribution >= 0.6 is 0 Å². The molecule has 0 nitrogen and oxygen atoms in total. The molecule has 1 saturated carbocycles. The summed E-state index contributed by atoms with van der Waals surface area (Å²) in [4.78, 5) is 0. The largest absolute Gasteiger partial charge is 0.0879 e. The fourth-order valence-corrected chi connectivity index (χ4v) is 2.51. The molecule has 1 aliphatic rings. The van der Waals surface area contributed by atoms with Gasteiger partial charge in [-0.1, -0.05) is 61.7 Å². The van der Waals surface area contributed by atoms with Crippen LogP contribution in [0.15, 0.2) is 42.5 Å². The van der Waals surface area contributed by atoms with Crippen LogP contribution in [-0.4, -0.2) is 0 Å². The van der Waals surface area contributed by atoms with Gasteiger partial charge in [-0.15, -0.1) is 0 Å². The molecule has 0 aliphatic heterocycles. The van der Waals surface area contributed by atoms with Gasteiger partial charge < -0.3 is 0 Å². The molecule has 0 amide bonds. The van der Waals surface area contributed by atoms with Crippen LogP contribution in [0.3, 0.4) is 0 Å². The number of rotatable bonds is 4. The summed E-state index contributed by atoms with van der Waals surface area (Å²) in [6.07, 6.45) is 14.4. The molecule has 1 fully saturated rings. The predicted octanol–water partition coefficient (Wildman–Crippen LogP) is 4.76. The molecular weight excluding hydrogens is 192 g/mol. The van der Waals surface area contributed by atoms with Gasteiger partial charge in [-0.05, 0) is 37.2 Å². The summed E-state index contributed by atoms with van der Waals surface area (Å²) in [7, 11) is 0. The third-order valence-corrected chi connectivity index (χ3v) is 3.50. The quantitative estimate of drug-likeness (QED) is 0.634. The maximum atomic E-state index is 2.46. The zero-order valence-electron chi connectivity index (χ0n) is 10.1. The molecule has 0 atom stereocenters. The van der Waals surface area contributed by atoms with Gasteiger partial charge in [0.2, 0.25) is 0 Å². The Morgan fingerprint density at radius 3 is 2.50 bits per heavy atom. The Bertz CT molecular complexity index is 304. The van der Waals surface area contributed by atoms with Gasteiger partial charge >= 0.3 is 0 Å². The molecule has 0 spiro atoms. The number of allylic oxidation sites excluding steroid dienone is 2. The molecule has 0 radical (unpaired) electrons. The molecule has 0 heterocycles. The Kier molecular flexibility index (Phi) is 4.67. The molecule has 1 aromatic carbocycles. The minimum atomic E-state index is 0.879. The summed E-state index contributed by atoms with van der Waals surface area (Å²) in [6, 6.07) is 10.8. The molecule has 0 N–H and O–H groups in total. The first kappa shape index (κ1) is 11.4. The predicted molar refractivity (Wildman–Crippen MR) is 70.5 cm³/mol. The second-order valence-corrected chi connectivity index (χ2v) is 4.85. The highest BCUT2D eigenvalue weighted by atomic mass is 14.1. The molecule has 86 valence electrons. The molecule has 2 rings (SSSR count). The van der Waals surface area contributed by atoms with Crippen molar-refractivity contribution in [2.45, 2.75) is 44.9 Å². The minimum Gasteiger partial charge on any atom is -0.0879 e. The highest BCUT2D eigenvalue weighted by Gasteiger charge is 2.09. The molecule has 1 aromatic rings. The molecule has 16 heavy (non-hydrogen) atoms. The maximum absolute atomic E-state index is 2.46. The molecule has 0 aromatic heterocycles. The maximum Gasteiger partial charge on any atom is -0.0234 e. The lowest BCUT2D eigenvalue weighted by molar-refractivity contribution is 0.419. The van der Waals surface area contributed by atoms with Crippen LogP contribution in [0.1, 0.15) is 44.1 Å². The van der Waals surface area contributed by atoms with Crippen LogP contribution in [0, 0.1) is 5.92 Å². The summed E-state index contributed by atoms with van der Waals surface area (Å²) in [5, 5.41) is 0. The Hall–Kier alpha value is -1.04. The van der Waals surface area contributed by atoms with E-state index in [2.05, 4.69) is 42.5 Å². The van der Waals surface area contributed by atoms with Crippen LogP contribution in [0.2, 0.25) is 0 Å². The monoisotopic (exact) mass is 214 g/mol. The lowest BCUT2D eigenvalue weighted by atomic mass is 9.89. The van der Waals surface area contributed by atoms with E-state index in [4.69, 9.17) is 0 Å². The van der Waals surface area contributed by atoms with Crippen LogP contribution < -0.4 is 0 Å². The van der Waals surface area contributed by atoms with Gasteiger partial charge in [-0.25, -0.2) is 0 Å². The van der Waals surface area contributed by atoms with Crippen molar-refractivity contribution in [1.29, 1.82) is 0 Å².